The Bertz CT molecular complexity index is 939. The Kier molecular flexibility index (Phi) is 5.84. The van der Waals surface area contributed by atoms with Gasteiger partial charge in [-0.05, 0) is 30.3 Å². The molecule has 5 nitrogen and oxygen atoms in total. The minimum atomic E-state index is -0.273. The summed E-state index contributed by atoms with van der Waals surface area (Å²) in [7, 11) is 1.59. The van der Waals surface area contributed by atoms with Crippen molar-refractivity contribution >= 4 is 17.5 Å². The van der Waals surface area contributed by atoms with Crippen molar-refractivity contribution in [3.63, 3.8) is 0 Å². The Hall–Kier alpha value is -3.60. The summed E-state index contributed by atoms with van der Waals surface area (Å²) in [4.78, 5) is 25.0. The van der Waals surface area contributed by atoms with Crippen molar-refractivity contribution in [2.24, 2.45) is 0 Å². The van der Waals surface area contributed by atoms with E-state index >= 15 is 0 Å². The van der Waals surface area contributed by atoms with Crippen molar-refractivity contribution < 1.29 is 14.3 Å². The molecule has 5 heteroatoms. The topological polar surface area (TPSA) is 67.4 Å². The molecule has 0 heterocycles. The normalized spacial score (nSPS) is 10.1. The molecule has 0 bridgehead atoms. The van der Waals surface area contributed by atoms with Crippen molar-refractivity contribution in [3.8, 4) is 5.75 Å². The molecule has 0 spiro atoms. The fourth-order valence-electron chi connectivity index (χ4n) is 2.69. The van der Waals surface area contributed by atoms with Gasteiger partial charge in [0.1, 0.15) is 5.75 Å². The van der Waals surface area contributed by atoms with Gasteiger partial charge >= 0.3 is 0 Å². The highest BCUT2D eigenvalue weighted by molar-refractivity contribution is 6.08. The van der Waals surface area contributed by atoms with Crippen LogP contribution in [0.25, 0.3) is 0 Å². The average molecular weight is 360 g/mol. The van der Waals surface area contributed by atoms with Gasteiger partial charge < -0.3 is 15.4 Å². The Labute approximate surface area is 158 Å². The number of amides is 2. The molecule has 0 saturated heterocycles. The number of ether oxygens (including phenoxy) is 1. The van der Waals surface area contributed by atoms with E-state index in [9.17, 15) is 9.59 Å². The molecule has 0 aliphatic rings. The molecule has 3 aromatic carbocycles. The van der Waals surface area contributed by atoms with Gasteiger partial charge in [-0.25, -0.2) is 0 Å². The van der Waals surface area contributed by atoms with Crippen molar-refractivity contribution in [1.82, 2.24) is 5.32 Å². The Morgan fingerprint density at radius 1 is 0.815 bits per heavy atom. The minimum absolute atomic E-state index is 0.263. The van der Waals surface area contributed by atoms with Crippen molar-refractivity contribution in [3.05, 3.63) is 95.6 Å². The van der Waals surface area contributed by atoms with Gasteiger partial charge in [0.15, 0.2) is 0 Å². The first-order chi connectivity index (χ1) is 13.2. The monoisotopic (exact) mass is 360 g/mol. The molecule has 0 saturated carbocycles. The second-order valence-corrected chi connectivity index (χ2v) is 5.86. The zero-order valence-corrected chi connectivity index (χ0v) is 14.9. The van der Waals surface area contributed by atoms with Crippen molar-refractivity contribution in [1.29, 1.82) is 0 Å². The summed E-state index contributed by atoms with van der Waals surface area (Å²) in [6, 6.07) is 23.3. The smallest absolute Gasteiger partial charge is 0.255 e. The second-order valence-electron chi connectivity index (χ2n) is 5.86. The molecule has 3 rings (SSSR count). The lowest BCUT2D eigenvalue weighted by molar-refractivity contribution is 0.0951. The number of carbonyl (C=O) groups excluding carboxylic acids is 2. The van der Waals surface area contributed by atoms with Crippen LogP contribution in [0.4, 0.5) is 5.69 Å². The summed E-state index contributed by atoms with van der Waals surface area (Å²) in [6.07, 6.45) is 0. The molecule has 0 aliphatic heterocycles. The van der Waals surface area contributed by atoms with E-state index in [1.54, 1.807) is 55.6 Å². The van der Waals surface area contributed by atoms with E-state index in [4.69, 9.17) is 4.74 Å². The number of hydrogen-bond acceptors (Lipinski definition) is 3. The number of carbonyl (C=O) groups is 2. The van der Waals surface area contributed by atoms with Gasteiger partial charge in [0.2, 0.25) is 0 Å². The molecule has 0 fully saturated rings. The zero-order chi connectivity index (χ0) is 19.1. The highest BCUT2D eigenvalue weighted by atomic mass is 16.5. The predicted molar refractivity (Wildman–Crippen MR) is 105 cm³/mol. The number of methoxy groups -OCH3 is 1. The number of hydrogen-bond donors (Lipinski definition) is 2. The van der Waals surface area contributed by atoms with E-state index in [-0.39, 0.29) is 11.8 Å². The highest BCUT2D eigenvalue weighted by Gasteiger charge is 2.14. The molecule has 0 aliphatic carbocycles. The fraction of sp³-hybridized carbons (Fsp3) is 0.0909. The van der Waals surface area contributed by atoms with Crippen LogP contribution in [0.1, 0.15) is 26.3 Å². The lowest BCUT2D eigenvalue weighted by Crippen LogP contribution is -2.25. The molecule has 0 radical (unpaired) electrons. The molecule has 0 aromatic heterocycles. The molecule has 2 amide bonds. The van der Waals surface area contributed by atoms with Crippen LogP contribution >= 0.6 is 0 Å². The van der Waals surface area contributed by atoms with Gasteiger partial charge in [0, 0.05) is 17.7 Å². The van der Waals surface area contributed by atoms with Gasteiger partial charge in [-0.1, -0.05) is 48.5 Å². The van der Waals surface area contributed by atoms with E-state index < -0.39 is 0 Å². The molecule has 2 N–H and O–H groups in total. The van der Waals surface area contributed by atoms with Crippen molar-refractivity contribution in [2.45, 2.75) is 6.54 Å². The maximum Gasteiger partial charge on any atom is 0.255 e. The van der Waals surface area contributed by atoms with E-state index in [1.807, 2.05) is 30.3 Å². The van der Waals surface area contributed by atoms with Crippen LogP contribution in [-0.2, 0) is 6.54 Å². The molecule has 0 atom stereocenters. The number of anilines is 1. The van der Waals surface area contributed by atoms with Gasteiger partial charge in [0.25, 0.3) is 11.8 Å². The molecule has 27 heavy (non-hydrogen) atoms. The van der Waals surface area contributed by atoms with Crippen LogP contribution in [-0.4, -0.2) is 18.9 Å². The van der Waals surface area contributed by atoms with E-state index in [2.05, 4.69) is 10.6 Å². The minimum Gasteiger partial charge on any atom is -0.496 e. The summed E-state index contributed by atoms with van der Waals surface area (Å²) in [5, 5.41) is 5.68. The molecule has 136 valence electrons. The van der Waals surface area contributed by atoms with Gasteiger partial charge in [-0.3, -0.25) is 9.59 Å². The number of rotatable bonds is 6. The summed E-state index contributed by atoms with van der Waals surface area (Å²) >= 11 is 0. The lowest BCUT2D eigenvalue weighted by Gasteiger charge is -2.13. The quantitative estimate of drug-likeness (QED) is 0.701. The van der Waals surface area contributed by atoms with Crippen LogP contribution in [0.2, 0.25) is 0 Å². The molecule has 0 unspecified atom stereocenters. The van der Waals surface area contributed by atoms with Gasteiger partial charge in [-0.15, -0.1) is 0 Å². The third-order valence-electron chi connectivity index (χ3n) is 4.09. The predicted octanol–water partition coefficient (Wildman–Crippen LogP) is 3.88. The Morgan fingerprint density at radius 2 is 1.48 bits per heavy atom. The van der Waals surface area contributed by atoms with E-state index in [1.165, 1.54) is 0 Å². The summed E-state index contributed by atoms with van der Waals surface area (Å²) < 4.78 is 5.30. The number of benzene rings is 3. The largest absolute Gasteiger partial charge is 0.496 e. The zero-order valence-electron chi connectivity index (χ0n) is 14.9. The maximum absolute atomic E-state index is 12.7. The lowest BCUT2D eigenvalue weighted by atomic mass is 10.1. The summed E-state index contributed by atoms with van der Waals surface area (Å²) in [5.41, 5.74) is 2.27. The van der Waals surface area contributed by atoms with Gasteiger partial charge in [-0.2, -0.15) is 0 Å². The summed E-state index contributed by atoms with van der Waals surface area (Å²) in [5.74, 6) is 0.175. The Morgan fingerprint density at radius 3 is 2.26 bits per heavy atom. The standard InChI is InChI=1S/C22H20N2O3/c1-27-20-14-8-5-11-17(20)15-23-22(26)18-12-6-7-13-19(18)24-21(25)16-9-3-2-4-10-16/h2-14H,15H2,1H3,(H,23,26)(H,24,25). The first kappa shape index (κ1) is 18.2. The first-order valence-electron chi connectivity index (χ1n) is 8.54. The highest BCUT2D eigenvalue weighted by Crippen LogP contribution is 2.19. The third kappa shape index (κ3) is 4.52. The maximum atomic E-state index is 12.7. The third-order valence-corrected chi connectivity index (χ3v) is 4.09. The first-order valence-corrected chi connectivity index (χ1v) is 8.54. The van der Waals surface area contributed by atoms with Crippen LogP contribution < -0.4 is 15.4 Å². The van der Waals surface area contributed by atoms with Crippen LogP contribution in [0.15, 0.2) is 78.9 Å². The molecule has 3 aromatic rings. The second kappa shape index (κ2) is 8.67. The summed E-state index contributed by atoms with van der Waals surface area (Å²) in [6.45, 7) is 0.323. The van der Waals surface area contributed by atoms with E-state index in [0.717, 1.165) is 5.56 Å². The SMILES string of the molecule is COc1ccccc1CNC(=O)c1ccccc1NC(=O)c1ccccc1. The van der Waals surface area contributed by atoms with E-state index in [0.29, 0.717) is 29.1 Å². The average Bonchev–Trinajstić information content (AvgIpc) is 2.73. The Balaban J connectivity index is 1.73. The van der Waals surface area contributed by atoms with Crippen LogP contribution in [0, 0.1) is 0 Å². The van der Waals surface area contributed by atoms with Crippen LogP contribution in [0.3, 0.4) is 0 Å². The van der Waals surface area contributed by atoms with Crippen molar-refractivity contribution in [2.75, 3.05) is 12.4 Å². The number of nitrogens with one attached hydrogen (secondary N) is 2. The fourth-order valence-corrected chi connectivity index (χ4v) is 2.69. The van der Waals surface area contributed by atoms with Gasteiger partial charge in [0.05, 0.1) is 18.4 Å². The molecular formula is C22H20N2O3. The van der Waals surface area contributed by atoms with Crippen LogP contribution in [0.5, 0.6) is 5.75 Å². The molecular weight excluding hydrogens is 340 g/mol. The number of para-hydroxylation sites is 2.